The molecule has 0 atom stereocenters. The summed E-state index contributed by atoms with van der Waals surface area (Å²) in [6.45, 7) is 7.22. The topological polar surface area (TPSA) is 72.5 Å². The number of hydrogen-bond donors (Lipinski definition) is 3. The molecular weight excluding hydrogens is 314 g/mol. The van der Waals surface area contributed by atoms with E-state index in [1.165, 1.54) is 21.5 Å². The zero-order valence-electron chi connectivity index (χ0n) is 15.2. The van der Waals surface area contributed by atoms with Crippen LogP contribution in [0.3, 0.4) is 0 Å². The second-order valence-corrected chi connectivity index (χ2v) is 6.07. The fourth-order valence-corrected chi connectivity index (χ4v) is 2.59. The van der Waals surface area contributed by atoms with Crippen LogP contribution in [0.15, 0.2) is 41.9 Å². The smallest absolute Gasteiger partial charge is 0.243 e. The van der Waals surface area contributed by atoms with Gasteiger partial charge in [0.15, 0.2) is 5.96 Å². The van der Waals surface area contributed by atoms with Gasteiger partial charge < -0.3 is 20.5 Å². The molecule has 0 aliphatic carbocycles. The van der Waals surface area contributed by atoms with Crippen molar-refractivity contribution in [2.24, 2.45) is 4.99 Å². The number of H-pyrrole nitrogens is 1. The summed E-state index contributed by atoms with van der Waals surface area (Å²) in [6.07, 6.45) is 2.63. The lowest BCUT2D eigenvalue weighted by Gasteiger charge is -2.13. The molecule has 0 aliphatic rings. The standard InChI is InChI=1S/C19H27N5O/c1-5-11-20-19(22-13-18(25)24(3)4)21-12-10-15-14(2)23-17-9-7-6-8-16(15)17/h5-9,23H,1,10-13H2,2-4H3,(H2,20,21,22). The number of aromatic nitrogens is 1. The second-order valence-electron chi connectivity index (χ2n) is 6.07. The second kappa shape index (κ2) is 8.92. The van der Waals surface area contributed by atoms with E-state index in [0.29, 0.717) is 12.5 Å². The van der Waals surface area contributed by atoms with Gasteiger partial charge in [0.1, 0.15) is 6.54 Å². The molecule has 6 nitrogen and oxygen atoms in total. The van der Waals surface area contributed by atoms with Crippen LogP contribution in [0.25, 0.3) is 10.9 Å². The van der Waals surface area contributed by atoms with Crippen LogP contribution in [0.1, 0.15) is 11.3 Å². The maximum absolute atomic E-state index is 11.7. The van der Waals surface area contributed by atoms with Gasteiger partial charge in [0.05, 0.1) is 0 Å². The Balaban J connectivity index is 1.99. The zero-order chi connectivity index (χ0) is 18.2. The summed E-state index contributed by atoms with van der Waals surface area (Å²) in [5.41, 5.74) is 3.64. The predicted molar refractivity (Wildman–Crippen MR) is 104 cm³/mol. The van der Waals surface area contributed by atoms with Gasteiger partial charge in [-0.3, -0.25) is 4.79 Å². The highest BCUT2D eigenvalue weighted by Gasteiger charge is 2.08. The molecule has 0 saturated heterocycles. The largest absolute Gasteiger partial charge is 0.358 e. The normalized spacial score (nSPS) is 11.4. The molecule has 2 aromatic rings. The molecule has 1 aromatic heterocycles. The summed E-state index contributed by atoms with van der Waals surface area (Å²) in [4.78, 5) is 21.0. The molecule has 0 aliphatic heterocycles. The lowest BCUT2D eigenvalue weighted by Crippen LogP contribution is -2.39. The van der Waals surface area contributed by atoms with Crippen molar-refractivity contribution in [1.29, 1.82) is 0 Å². The van der Waals surface area contributed by atoms with Crippen LogP contribution in [0, 0.1) is 6.92 Å². The Kier molecular flexibility index (Phi) is 6.62. The van der Waals surface area contributed by atoms with Crippen LogP contribution in [0.5, 0.6) is 0 Å². The number of hydrogen-bond acceptors (Lipinski definition) is 2. The maximum Gasteiger partial charge on any atom is 0.243 e. The monoisotopic (exact) mass is 341 g/mol. The lowest BCUT2D eigenvalue weighted by atomic mass is 10.1. The predicted octanol–water partition coefficient (Wildman–Crippen LogP) is 1.83. The molecule has 1 amide bonds. The number of nitrogens with zero attached hydrogens (tertiary/aromatic N) is 2. The molecule has 6 heteroatoms. The van der Waals surface area contributed by atoms with Gasteiger partial charge in [-0.25, -0.2) is 4.99 Å². The SMILES string of the molecule is C=CCNC(=NCC(=O)N(C)C)NCCc1c(C)[nH]c2ccccc12. The van der Waals surface area contributed by atoms with Gasteiger partial charge in [0.25, 0.3) is 0 Å². The Morgan fingerprint density at radius 2 is 2.08 bits per heavy atom. The summed E-state index contributed by atoms with van der Waals surface area (Å²) in [5, 5.41) is 7.68. The van der Waals surface area contributed by atoms with Gasteiger partial charge in [-0.15, -0.1) is 6.58 Å². The van der Waals surface area contributed by atoms with Crippen molar-refractivity contribution in [3.8, 4) is 0 Å². The number of guanidine groups is 1. The first-order valence-electron chi connectivity index (χ1n) is 8.42. The number of amides is 1. The Labute approximate surface area is 149 Å². The number of aliphatic imine (C=N–C) groups is 1. The average Bonchev–Trinajstić information content (AvgIpc) is 2.92. The van der Waals surface area contributed by atoms with E-state index in [4.69, 9.17) is 0 Å². The molecular formula is C19H27N5O. The quantitative estimate of drug-likeness (QED) is 0.409. The van der Waals surface area contributed by atoms with Crippen molar-refractivity contribution in [3.05, 3.63) is 48.2 Å². The van der Waals surface area contributed by atoms with Gasteiger partial charge >= 0.3 is 0 Å². The number of carbonyl (C=O) groups is 1. The molecule has 0 fully saturated rings. The van der Waals surface area contributed by atoms with E-state index < -0.39 is 0 Å². The molecule has 25 heavy (non-hydrogen) atoms. The fraction of sp³-hybridized carbons (Fsp3) is 0.368. The molecule has 0 bridgehead atoms. The summed E-state index contributed by atoms with van der Waals surface area (Å²) in [6, 6.07) is 8.31. The number of fused-ring (bicyclic) bond motifs is 1. The number of likely N-dealkylation sites (N-methyl/N-ethyl adjacent to an activating group) is 1. The minimum absolute atomic E-state index is 0.0350. The highest BCUT2D eigenvalue weighted by molar-refractivity contribution is 5.86. The molecule has 0 saturated carbocycles. The number of nitrogens with one attached hydrogen (secondary N) is 3. The van der Waals surface area contributed by atoms with E-state index in [2.05, 4.69) is 52.3 Å². The Bertz CT molecular complexity index is 760. The summed E-state index contributed by atoms with van der Waals surface area (Å²) in [5.74, 6) is 0.583. The third-order valence-electron chi connectivity index (χ3n) is 3.98. The number of aromatic amines is 1. The molecule has 3 N–H and O–H groups in total. The van der Waals surface area contributed by atoms with Crippen molar-refractivity contribution < 1.29 is 4.79 Å². The first kappa shape index (κ1) is 18.6. The van der Waals surface area contributed by atoms with E-state index in [-0.39, 0.29) is 12.5 Å². The Morgan fingerprint density at radius 3 is 2.80 bits per heavy atom. The van der Waals surface area contributed by atoms with Crippen LogP contribution in [0.4, 0.5) is 0 Å². The highest BCUT2D eigenvalue weighted by atomic mass is 16.2. The van der Waals surface area contributed by atoms with Gasteiger partial charge in [0, 0.05) is 43.8 Å². The summed E-state index contributed by atoms with van der Waals surface area (Å²) in [7, 11) is 3.45. The van der Waals surface area contributed by atoms with Gasteiger partial charge in [0.2, 0.25) is 5.91 Å². The summed E-state index contributed by atoms with van der Waals surface area (Å²) >= 11 is 0. The average molecular weight is 341 g/mol. The Morgan fingerprint density at radius 1 is 1.32 bits per heavy atom. The molecule has 0 spiro atoms. The fourth-order valence-electron chi connectivity index (χ4n) is 2.59. The number of benzene rings is 1. The lowest BCUT2D eigenvalue weighted by molar-refractivity contribution is -0.127. The Hall–Kier alpha value is -2.76. The van der Waals surface area contributed by atoms with E-state index in [1.807, 2.05) is 6.07 Å². The van der Waals surface area contributed by atoms with Crippen LogP contribution in [0.2, 0.25) is 0 Å². The van der Waals surface area contributed by atoms with Crippen LogP contribution in [-0.4, -0.2) is 55.5 Å². The minimum atomic E-state index is -0.0350. The first-order chi connectivity index (χ1) is 12.0. The minimum Gasteiger partial charge on any atom is -0.358 e. The molecule has 1 heterocycles. The molecule has 0 radical (unpaired) electrons. The third-order valence-corrected chi connectivity index (χ3v) is 3.98. The van der Waals surface area contributed by atoms with Crippen molar-refractivity contribution in [2.45, 2.75) is 13.3 Å². The molecule has 1 aromatic carbocycles. The molecule has 2 rings (SSSR count). The van der Waals surface area contributed by atoms with E-state index in [0.717, 1.165) is 18.5 Å². The van der Waals surface area contributed by atoms with Crippen LogP contribution >= 0.6 is 0 Å². The highest BCUT2D eigenvalue weighted by Crippen LogP contribution is 2.21. The van der Waals surface area contributed by atoms with Crippen molar-refractivity contribution in [2.75, 3.05) is 33.7 Å². The van der Waals surface area contributed by atoms with Gasteiger partial charge in [-0.1, -0.05) is 24.3 Å². The van der Waals surface area contributed by atoms with Crippen molar-refractivity contribution in [3.63, 3.8) is 0 Å². The van der Waals surface area contributed by atoms with E-state index >= 15 is 0 Å². The molecule has 0 unspecified atom stereocenters. The first-order valence-corrected chi connectivity index (χ1v) is 8.42. The third kappa shape index (κ3) is 5.11. The van der Waals surface area contributed by atoms with Crippen LogP contribution < -0.4 is 10.6 Å². The summed E-state index contributed by atoms with van der Waals surface area (Å²) < 4.78 is 0. The van der Waals surface area contributed by atoms with Crippen molar-refractivity contribution in [1.82, 2.24) is 20.5 Å². The number of carbonyl (C=O) groups excluding carboxylic acids is 1. The maximum atomic E-state index is 11.7. The van der Waals surface area contributed by atoms with Crippen LogP contribution in [-0.2, 0) is 11.2 Å². The van der Waals surface area contributed by atoms with E-state index in [1.54, 1.807) is 20.2 Å². The number of para-hydroxylation sites is 1. The van der Waals surface area contributed by atoms with Gasteiger partial charge in [-0.2, -0.15) is 0 Å². The number of aryl methyl sites for hydroxylation is 1. The zero-order valence-corrected chi connectivity index (χ0v) is 15.2. The van der Waals surface area contributed by atoms with E-state index in [9.17, 15) is 4.79 Å². The van der Waals surface area contributed by atoms with Gasteiger partial charge in [-0.05, 0) is 25.0 Å². The molecule has 134 valence electrons. The number of rotatable bonds is 7. The van der Waals surface area contributed by atoms with Crippen molar-refractivity contribution >= 4 is 22.8 Å².